The first-order valence-electron chi connectivity index (χ1n) is 4.69. The summed E-state index contributed by atoms with van der Waals surface area (Å²) in [4.78, 5) is 4.56. The van der Waals surface area contributed by atoms with Crippen molar-refractivity contribution in [3.05, 3.63) is 54.6 Å². The third-order valence-corrected chi connectivity index (χ3v) is 2.45. The van der Waals surface area contributed by atoms with E-state index in [0.717, 1.165) is 11.2 Å². The summed E-state index contributed by atoms with van der Waals surface area (Å²) in [6.45, 7) is 0. The summed E-state index contributed by atoms with van der Waals surface area (Å²) in [5, 5.41) is 1.23. The van der Waals surface area contributed by atoms with Crippen LogP contribution in [0.2, 0.25) is 0 Å². The first kappa shape index (κ1) is 9.94. The predicted octanol–water partition coefficient (Wildman–Crippen LogP) is 3.76. The zero-order valence-electron chi connectivity index (χ0n) is 8.05. The van der Waals surface area contributed by atoms with Crippen LogP contribution >= 0.6 is 12.4 Å². The van der Waals surface area contributed by atoms with Gasteiger partial charge in [0.05, 0.1) is 11.2 Å². The molecule has 3 rings (SSSR count). The molecule has 1 heterocycles. The number of nitrogens with zero attached hydrogens (tertiary/aromatic N) is 1. The Labute approximate surface area is 94.5 Å². The maximum absolute atomic E-state index is 4.56. The van der Waals surface area contributed by atoms with Gasteiger partial charge in [0.2, 0.25) is 0 Å². The molecule has 0 N–H and O–H groups in total. The molecule has 15 heavy (non-hydrogen) atoms. The van der Waals surface area contributed by atoms with Gasteiger partial charge >= 0.3 is 0 Å². The molecule has 1 aromatic carbocycles. The molecule has 0 radical (unpaired) electrons. The molecule has 2 aliphatic rings. The van der Waals surface area contributed by atoms with Gasteiger partial charge in [0.25, 0.3) is 0 Å². The minimum Gasteiger partial charge on any atom is -0.248 e. The molecule has 1 aromatic rings. The van der Waals surface area contributed by atoms with Crippen molar-refractivity contribution in [3.63, 3.8) is 0 Å². The molecule has 1 aliphatic carbocycles. The van der Waals surface area contributed by atoms with Crippen molar-refractivity contribution >= 4 is 23.3 Å². The van der Waals surface area contributed by atoms with Crippen LogP contribution in [0.1, 0.15) is 0 Å². The van der Waals surface area contributed by atoms with Gasteiger partial charge in [-0.1, -0.05) is 42.5 Å². The van der Waals surface area contributed by atoms with Gasteiger partial charge in [-0.05, 0) is 12.1 Å². The standard InChI is InChI=1S/C13H9N.ClH/c1-2-6-10-11-7-4-5-9-13(11)14-12(10)8-3-1;/h1-9H;1H. The molecule has 1 aliphatic heterocycles. The lowest BCUT2D eigenvalue weighted by molar-refractivity contribution is 1.47. The van der Waals surface area contributed by atoms with E-state index in [2.05, 4.69) is 41.4 Å². The van der Waals surface area contributed by atoms with Gasteiger partial charge in [-0.2, -0.15) is 0 Å². The molecule has 2 heteroatoms. The zero-order chi connectivity index (χ0) is 9.38. The highest BCUT2D eigenvalue weighted by molar-refractivity contribution is 5.96. The highest BCUT2D eigenvalue weighted by Gasteiger charge is 2.07. The lowest BCUT2D eigenvalue weighted by atomic mass is 10.1. The fourth-order valence-electron chi connectivity index (χ4n) is 1.79. The third-order valence-electron chi connectivity index (χ3n) is 2.45. The second-order valence-corrected chi connectivity index (χ2v) is 3.34. The monoisotopic (exact) mass is 215 g/mol. The Morgan fingerprint density at radius 1 is 0.733 bits per heavy atom. The van der Waals surface area contributed by atoms with E-state index in [4.69, 9.17) is 0 Å². The molecular weight excluding hydrogens is 206 g/mol. The average Bonchev–Trinajstić information content (AvgIpc) is 2.42. The minimum atomic E-state index is 0. The van der Waals surface area contributed by atoms with Crippen LogP contribution in [0.4, 0.5) is 0 Å². The van der Waals surface area contributed by atoms with Crippen LogP contribution in [0.25, 0.3) is 22.2 Å². The Kier molecular flexibility index (Phi) is 2.57. The molecule has 0 atom stereocenters. The highest BCUT2D eigenvalue weighted by Crippen LogP contribution is 2.29. The quantitative estimate of drug-likeness (QED) is 0.557. The summed E-state index contributed by atoms with van der Waals surface area (Å²) in [5.41, 5.74) is 3.37. The van der Waals surface area contributed by atoms with Gasteiger partial charge < -0.3 is 0 Å². The number of fused-ring (bicyclic) bond motifs is 3. The summed E-state index contributed by atoms with van der Waals surface area (Å²) < 4.78 is 0. The van der Waals surface area contributed by atoms with Crippen LogP contribution in [0.5, 0.6) is 0 Å². The molecule has 74 valence electrons. The van der Waals surface area contributed by atoms with Gasteiger partial charge in [0.15, 0.2) is 0 Å². The number of halogens is 1. The van der Waals surface area contributed by atoms with Crippen LogP contribution in [0.15, 0.2) is 54.6 Å². The minimum absolute atomic E-state index is 0. The summed E-state index contributed by atoms with van der Waals surface area (Å²) in [5.74, 6) is 0. The fourth-order valence-corrected chi connectivity index (χ4v) is 1.79. The van der Waals surface area contributed by atoms with Crippen LogP contribution in [0.3, 0.4) is 0 Å². The second-order valence-electron chi connectivity index (χ2n) is 3.34. The van der Waals surface area contributed by atoms with E-state index < -0.39 is 0 Å². The number of para-hydroxylation sites is 1. The van der Waals surface area contributed by atoms with Crippen LogP contribution in [-0.2, 0) is 0 Å². The molecular formula is C13H10ClN. The largest absolute Gasteiger partial charge is 0.248 e. The summed E-state index contributed by atoms with van der Waals surface area (Å²) in [6, 6.07) is 18.5. The van der Waals surface area contributed by atoms with E-state index in [-0.39, 0.29) is 12.4 Å². The first-order valence-corrected chi connectivity index (χ1v) is 4.69. The van der Waals surface area contributed by atoms with E-state index in [1.165, 1.54) is 10.9 Å². The summed E-state index contributed by atoms with van der Waals surface area (Å²) >= 11 is 0. The Bertz CT molecular complexity index is 562. The summed E-state index contributed by atoms with van der Waals surface area (Å²) in [7, 11) is 0. The van der Waals surface area contributed by atoms with Crippen LogP contribution < -0.4 is 0 Å². The Morgan fingerprint density at radius 2 is 1.47 bits per heavy atom. The Balaban J connectivity index is 0.000000853. The third kappa shape index (κ3) is 1.55. The smallest absolute Gasteiger partial charge is 0.0716 e. The maximum atomic E-state index is 4.56. The van der Waals surface area contributed by atoms with Crippen LogP contribution in [0, 0.1) is 0 Å². The van der Waals surface area contributed by atoms with Crippen molar-refractivity contribution in [2.75, 3.05) is 0 Å². The maximum Gasteiger partial charge on any atom is 0.0716 e. The topological polar surface area (TPSA) is 12.9 Å². The van der Waals surface area contributed by atoms with E-state index in [0.29, 0.717) is 0 Å². The lowest BCUT2D eigenvalue weighted by Gasteiger charge is -1.89. The molecule has 0 spiro atoms. The Hall–Kier alpha value is -1.60. The number of hydrogen-bond donors (Lipinski definition) is 0. The summed E-state index contributed by atoms with van der Waals surface area (Å²) in [6.07, 6.45) is 0. The van der Waals surface area contributed by atoms with Gasteiger partial charge in [0, 0.05) is 10.9 Å². The normalized spacial score (nSPS) is 10.1. The molecule has 0 saturated heterocycles. The van der Waals surface area contributed by atoms with Gasteiger partial charge in [-0.25, -0.2) is 4.98 Å². The number of aromatic nitrogens is 1. The van der Waals surface area contributed by atoms with E-state index >= 15 is 0 Å². The van der Waals surface area contributed by atoms with Gasteiger partial charge in [0.1, 0.15) is 0 Å². The predicted molar refractivity (Wildman–Crippen MR) is 65.6 cm³/mol. The van der Waals surface area contributed by atoms with E-state index in [1.807, 2.05) is 18.2 Å². The van der Waals surface area contributed by atoms with Crippen molar-refractivity contribution in [1.82, 2.24) is 4.98 Å². The van der Waals surface area contributed by atoms with Crippen molar-refractivity contribution in [2.24, 2.45) is 0 Å². The zero-order valence-corrected chi connectivity index (χ0v) is 8.87. The molecule has 0 unspecified atom stereocenters. The van der Waals surface area contributed by atoms with Crippen molar-refractivity contribution in [3.8, 4) is 11.3 Å². The van der Waals surface area contributed by atoms with Crippen molar-refractivity contribution in [2.45, 2.75) is 0 Å². The van der Waals surface area contributed by atoms with E-state index in [9.17, 15) is 0 Å². The average molecular weight is 216 g/mol. The molecule has 0 aromatic heterocycles. The van der Waals surface area contributed by atoms with Gasteiger partial charge in [-0.3, -0.25) is 0 Å². The molecule has 1 nitrogen and oxygen atoms in total. The van der Waals surface area contributed by atoms with Crippen LogP contribution in [-0.4, -0.2) is 4.98 Å². The van der Waals surface area contributed by atoms with Crippen molar-refractivity contribution < 1.29 is 0 Å². The van der Waals surface area contributed by atoms with Gasteiger partial charge in [-0.15, -0.1) is 12.4 Å². The highest BCUT2D eigenvalue weighted by atomic mass is 35.5. The lowest BCUT2D eigenvalue weighted by Crippen LogP contribution is -1.66. The Morgan fingerprint density at radius 3 is 2.40 bits per heavy atom. The molecule has 0 saturated carbocycles. The fraction of sp³-hybridized carbons (Fsp3) is 0. The number of rotatable bonds is 0. The first-order chi connectivity index (χ1) is 6.95. The second kappa shape index (κ2) is 3.87. The van der Waals surface area contributed by atoms with Crippen molar-refractivity contribution in [1.29, 1.82) is 0 Å². The SMILES string of the molecule is Cl.c1ccc2nc3ccccc3c-2cc1. The van der Waals surface area contributed by atoms with E-state index in [1.54, 1.807) is 0 Å². The number of benzene rings is 1. The number of hydrogen-bond acceptors (Lipinski definition) is 1. The molecule has 0 amide bonds. The molecule has 0 fully saturated rings. The molecule has 0 bridgehead atoms.